The number of ether oxygens (including phenoxy) is 1. The highest BCUT2D eigenvalue weighted by atomic mass is 16.5. The molecule has 170 valence electrons. The molecule has 0 spiro atoms. The van der Waals surface area contributed by atoms with Crippen molar-refractivity contribution in [3.63, 3.8) is 0 Å². The van der Waals surface area contributed by atoms with Gasteiger partial charge in [-0.3, -0.25) is 14.4 Å². The molecule has 3 amide bonds. The molecule has 3 atom stereocenters. The van der Waals surface area contributed by atoms with Crippen molar-refractivity contribution in [2.24, 2.45) is 16.7 Å². The van der Waals surface area contributed by atoms with Gasteiger partial charge < -0.3 is 20.7 Å². The highest BCUT2D eigenvalue weighted by Gasteiger charge is 2.41. The highest BCUT2D eigenvalue weighted by molar-refractivity contribution is 5.90. The average molecular weight is 423 g/mol. The largest absolute Gasteiger partial charge is 0.381 e. The maximum atomic E-state index is 12.9. The van der Waals surface area contributed by atoms with E-state index in [9.17, 15) is 19.6 Å². The van der Waals surface area contributed by atoms with Gasteiger partial charge in [-0.1, -0.05) is 34.6 Å². The number of nitriles is 1. The average Bonchev–Trinajstić information content (AvgIpc) is 2.66. The molecule has 0 aliphatic carbocycles. The molecule has 1 fully saturated rings. The van der Waals surface area contributed by atoms with Crippen LogP contribution in [-0.2, 0) is 19.1 Å². The minimum atomic E-state index is -1.09. The van der Waals surface area contributed by atoms with Crippen molar-refractivity contribution in [1.82, 2.24) is 16.0 Å². The van der Waals surface area contributed by atoms with Gasteiger partial charge in [0.2, 0.25) is 17.7 Å². The Balaban J connectivity index is 2.75. The van der Waals surface area contributed by atoms with Crippen molar-refractivity contribution in [1.29, 1.82) is 5.26 Å². The van der Waals surface area contributed by atoms with Crippen LogP contribution in [-0.4, -0.2) is 49.1 Å². The number of hydrogen-bond acceptors (Lipinski definition) is 5. The van der Waals surface area contributed by atoms with Crippen molar-refractivity contribution < 1.29 is 19.1 Å². The number of amides is 3. The van der Waals surface area contributed by atoms with Crippen LogP contribution >= 0.6 is 0 Å². The Hall–Kier alpha value is -2.14. The molecule has 1 heterocycles. The molecular formula is C22H38N4O4. The van der Waals surface area contributed by atoms with E-state index in [2.05, 4.69) is 22.0 Å². The van der Waals surface area contributed by atoms with Gasteiger partial charge in [-0.05, 0) is 39.0 Å². The Morgan fingerprint density at radius 3 is 2.00 bits per heavy atom. The van der Waals surface area contributed by atoms with E-state index < -0.39 is 16.9 Å². The van der Waals surface area contributed by atoms with Crippen LogP contribution in [0.3, 0.4) is 0 Å². The predicted molar refractivity (Wildman–Crippen MR) is 114 cm³/mol. The summed E-state index contributed by atoms with van der Waals surface area (Å²) in [6.07, 6.45) is 1.23. The minimum Gasteiger partial charge on any atom is -0.381 e. The quantitative estimate of drug-likeness (QED) is 0.552. The smallest absolute Gasteiger partial charge is 0.242 e. The second-order valence-corrected chi connectivity index (χ2v) is 9.77. The van der Waals surface area contributed by atoms with Crippen LogP contribution in [0.2, 0.25) is 0 Å². The summed E-state index contributed by atoms with van der Waals surface area (Å²) in [6.45, 7) is 13.7. The number of rotatable bonds is 8. The minimum absolute atomic E-state index is 0.187. The molecule has 30 heavy (non-hydrogen) atoms. The molecule has 1 aliphatic heterocycles. The van der Waals surface area contributed by atoms with Crippen molar-refractivity contribution in [3.8, 4) is 6.07 Å². The summed E-state index contributed by atoms with van der Waals surface area (Å²) in [6, 6.07) is 0.742. The zero-order chi connectivity index (χ0) is 23.1. The lowest BCUT2D eigenvalue weighted by Gasteiger charge is -2.32. The van der Waals surface area contributed by atoms with Gasteiger partial charge in [-0.25, -0.2) is 0 Å². The van der Waals surface area contributed by atoms with E-state index in [4.69, 9.17) is 4.74 Å². The van der Waals surface area contributed by atoms with Crippen molar-refractivity contribution >= 4 is 17.7 Å². The number of carbonyl (C=O) groups is 3. The first-order chi connectivity index (χ1) is 13.8. The van der Waals surface area contributed by atoms with E-state index >= 15 is 0 Å². The molecule has 0 saturated carbocycles. The SMILES string of the molecule is CC(C)C[C@H](NC(=O)C(C)(C)C)C(=O)NC(C)C(C)NC(=O)C1(C#N)CCOCC1. The van der Waals surface area contributed by atoms with E-state index in [1.54, 1.807) is 34.6 Å². The molecule has 8 heteroatoms. The summed E-state index contributed by atoms with van der Waals surface area (Å²) >= 11 is 0. The Bertz CT molecular complexity index is 657. The van der Waals surface area contributed by atoms with Crippen LogP contribution in [0.1, 0.15) is 67.7 Å². The third-order valence-corrected chi connectivity index (χ3v) is 5.48. The van der Waals surface area contributed by atoms with Gasteiger partial charge in [0.25, 0.3) is 0 Å². The molecule has 2 unspecified atom stereocenters. The highest BCUT2D eigenvalue weighted by Crippen LogP contribution is 2.30. The zero-order valence-electron chi connectivity index (χ0n) is 19.4. The number of nitrogens with zero attached hydrogens (tertiary/aromatic N) is 1. The first-order valence-electron chi connectivity index (χ1n) is 10.7. The normalized spacial score (nSPS) is 19.2. The monoisotopic (exact) mass is 422 g/mol. The molecule has 0 radical (unpaired) electrons. The topological polar surface area (TPSA) is 120 Å². The Morgan fingerprint density at radius 1 is 1.00 bits per heavy atom. The molecular weight excluding hydrogens is 384 g/mol. The number of carbonyl (C=O) groups excluding carboxylic acids is 3. The van der Waals surface area contributed by atoms with Crippen molar-refractivity contribution in [2.75, 3.05) is 13.2 Å². The van der Waals surface area contributed by atoms with Gasteiger partial charge >= 0.3 is 0 Å². The molecule has 8 nitrogen and oxygen atoms in total. The molecule has 1 saturated heterocycles. The standard InChI is InChI=1S/C22H38N4O4/c1-14(2)12-17(26-19(28)21(5,6)7)18(27)24-15(3)16(4)25-20(29)22(13-23)8-10-30-11-9-22/h14-17H,8-12H2,1-7H3,(H,24,27)(H,25,29)(H,26,28)/t15?,16?,17-/m0/s1. The van der Waals surface area contributed by atoms with Crippen LogP contribution in [0.4, 0.5) is 0 Å². The lowest BCUT2D eigenvalue weighted by atomic mass is 9.80. The lowest BCUT2D eigenvalue weighted by Crippen LogP contribution is -2.57. The van der Waals surface area contributed by atoms with Crippen LogP contribution in [0.5, 0.6) is 0 Å². The van der Waals surface area contributed by atoms with Crippen molar-refractivity contribution in [3.05, 3.63) is 0 Å². The molecule has 0 bridgehead atoms. The second-order valence-electron chi connectivity index (χ2n) is 9.77. The van der Waals surface area contributed by atoms with Gasteiger partial charge in [-0.15, -0.1) is 0 Å². The van der Waals surface area contributed by atoms with E-state index in [1.807, 2.05) is 13.8 Å². The molecule has 1 aliphatic rings. The summed E-state index contributed by atoms with van der Waals surface area (Å²) in [5, 5.41) is 18.2. The molecule has 0 aromatic carbocycles. The van der Waals surface area contributed by atoms with Gasteiger partial charge in [-0.2, -0.15) is 5.26 Å². The fraction of sp³-hybridized carbons (Fsp3) is 0.818. The Labute approximate surface area is 180 Å². The van der Waals surface area contributed by atoms with E-state index in [0.717, 1.165) is 0 Å². The van der Waals surface area contributed by atoms with Gasteiger partial charge in [0.05, 0.1) is 6.07 Å². The maximum Gasteiger partial charge on any atom is 0.242 e. The fourth-order valence-electron chi connectivity index (χ4n) is 3.11. The first-order valence-corrected chi connectivity index (χ1v) is 10.7. The lowest BCUT2D eigenvalue weighted by molar-refractivity contribution is -0.134. The summed E-state index contributed by atoms with van der Waals surface area (Å²) < 4.78 is 5.27. The van der Waals surface area contributed by atoms with Crippen LogP contribution < -0.4 is 16.0 Å². The van der Waals surface area contributed by atoms with Gasteiger partial charge in [0.15, 0.2) is 0 Å². The third-order valence-electron chi connectivity index (χ3n) is 5.48. The van der Waals surface area contributed by atoms with E-state index in [-0.39, 0.29) is 35.7 Å². The van der Waals surface area contributed by atoms with Crippen LogP contribution in [0.25, 0.3) is 0 Å². The molecule has 0 aromatic heterocycles. The zero-order valence-corrected chi connectivity index (χ0v) is 19.4. The maximum absolute atomic E-state index is 12.9. The van der Waals surface area contributed by atoms with Gasteiger partial charge in [0, 0.05) is 30.7 Å². The first kappa shape index (κ1) is 25.9. The molecule has 0 aromatic rings. The summed E-state index contributed by atoms with van der Waals surface area (Å²) in [5.41, 5.74) is -1.69. The third kappa shape index (κ3) is 7.28. The number of hydrogen-bond donors (Lipinski definition) is 3. The van der Waals surface area contributed by atoms with E-state index in [1.165, 1.54) is 0 Å². The molecule has 3 N–H and O–H groups in total. The summed E-state index contributed by atoms with van der Waals surface area (Å²) in [5.74, 6) is -0.581. The molecule has 1 rings (SSSR count). The summed E-state index contributed by atoms with van der Waals surface area (Å²) in [4.78, 5) is 38.0. The second kappa shape index (κ2) is 10.8. The summed E-state index contributed by atoms with van der Waals surface area (Å²) in [7, 11) is 0. The Kier molecular flexibility index (Phi) is 9.29. The van der Waals surface area contributed by atoms with Crippen molar-refractivity contribution in [2.45, 2.75) is 85.9 Å². The fourth-order valence-corrected chi connectivity index (χ4v) is 3.11. The number of nitrogens with one attached hydrogen (secondary N) is 3. The Morgan fingerprint density at radius 2 is 1.53 bits per heavy atom. The van der Waals surface area contributed by atoms with Crippen LogP contribution in [0.15, 0.2) is 0 Å². The van der Waals surface area contributed by atoms with Gasteiger partial charge in [0.1, 0.15) is 11.5 Å². The van der Waals surface area contributed by atoms with Crippen LogP contribution in [0, 0.1) is 28.1 Å². The van der Waals surface area contributed by atoms with E-state index in [0.29, 0.717) is 32.5 Å². The predicted octanol–water partition coefficient (Wildman–Crippen LogP) is 1.89.